The first-order valence-corrected chi connectivity index (χ1v) is 6.84. The van der Waals surface area contributed by atoms with Gasteiger partial charge in [0.2, 0.25) is 5.91 Å². The van der Waals surface area contributed by atoms with Gasteiger partial charge in [-0.05, 0) is 24.1 Å². The second-order valence-corrected chi connectivity index (χ2v) is 4.68. The molecule has 1 aromatic rings. The Kier molecular flexibility index (Phi) is 7.39. The molecule has 116 valence electrons. The summed E-state index contributed by atoms with van der Waals surface area (Å²) in [4.78, 5) is 24.0. The molecule has 1 aromatic carbocycles. The van der Waals surface area contributed by atoms with Crippen molar-refractivity contribution >= 4 is 11.9 Å². The van der Waals surface area contributed by atoms with Gasteiger partial charge in [-0.2, -0.15) is 0 Å². The summed E-state index contributed by atoms with van der Waals surface area (Å²) in [5, 5.41) is 8.87. The normalized spacial score (nSPS) is 10.4. The van der Waals surface area contributed by atoms with Crippen LogP contribution in [0.5, 0.6) is 0 Å². The highest BCUT2D eigenvalue weighted by Gasteiger charge is 2.17. The summed E-state index contributed by atoms with van der Waals surface area (Å²) >= 11 is 0. The van der Waals surface area contributed by atoms with E-state index in [0.29, 0.717) is 12.2 Å². The van der Waals surface area contributed by atoms with Gasteiger partial charge in [-0.15, -0.1) is 0 Å². The monoisotopic (exact) mass is 297 g/mol. The fraction of sp³-hybridized carbons (Fsp3) is 0.467. The van der Waals surface area contributed by atoms with E-state index in [1.165, 1.54) is 29.2 Å². The molecule has 1 rings (SSSR count). The van der Waals surface area contributed by atoms with Gasteiger partial charge >= 0.3 is 5.97 Å². The first-order valence-electron chi connectivity index (χ1n) is 6.84. The number of nitrogens with zero attached hydrogens (tertiary/aromatic N) is 1. The number of unbranched alkanes of at least 4 members (excludes halogenated alkanes) is 1. The van der Waals surface area contributed by atoms with Gasteiger partial charge in [0.05, 0.1) is 0 Å². The maximum absolute atomic E-state index is 12.8. The van der Waals surface area contributed by atoms with E-state index in [1.54, 1.807) is 0 Å². The number of carbonyl (C=O) groups excluding carboxylic acids is 1. The lowest BCUT2D eigenvalue weighted by Gasteiger charge is -2.20. The van der Waals surface area contributed by atoms with Crippen LogP contribution in [0.15, 0.2) is 24.3 Å². The number of ether oxygens (including phenoxy) is 1. The summed E-state index contributed by atoms with van der Waals surface area (Å²) in [7, 11) is 0. The van der Waals surface area contributed by atoms with Crippen molar-refractivity contribution < 1.29 is 23.8 Å². The van der Waals surface area contributed by atoms with Crippen molar-refractivity contribution in [1.82, 2.24) is 4.90 Å². The molecule has 0 bridgehead atoms. The Labute approximate surface area is 123 Å². The average Bonchev–Trinajstić information content (AvgIpc) is 2.44. The number of amides is 1. The van der Waals surface area contributed by atoms with E-state index < -0.39 is 18.4 Å². The standard InChI is InChI=1S/C15H20FNO4/c1-2-3-8-21-11-14(18)17(10-15(19)20)9-12-4-6-13(16)7-5-12/h4-7H,2-3,8-11H2,1H3,(H,19,20). The zero-order valence-corrected chi connectivity index (χ0v) is 12.0. The Morgan fingerprint density at radius 2 is 1.95 bits per heavy atom. The smallest absolute Gasteiger partial charge is 0.323 e. The highest BCUT2D eigenvalue weighted by Crippen LogP contribution is 2.07. The number of halogens is 1. The van der Waals surface area contributed by atoms with Gasteiger partial charge in [0.1, 0.15) is 19.0 Å². The zero-order valence-electron chi connectivity index (χ0n) is 12.0. The minimum Gasteiger partial charge on any atom is -0.480 e. The molecule has 0 aliphatic rings. The largest absolute Gasteiger partial charge is 0.480 e. The topological polar surface area (TPSA) is 66.8 Å². The highest BCUT2D eigenvalue weighted by atomic mass is 19.1. The molecular weight excluding hydrogens is 277 g/mol. The van der Waals surface area contributed by atoms with Crippen molar-refractivity contribution in [2.75, 3.05) is 19.8 Å². The minimum absolute atomic E-state index is 0.114. The molecule has 21 heavy (non-hydrogen) atoms. The average molecular weight is 297 g/mol. The number of aliphatic carboxylic acids is 1. The molecule has 0 heterocycles. The van der Waals surface area contributed by atoms with E-state index in [4.69, 9.17) is 9.84 Å². The summed E-state index contributed by atoms with van der Waals surface area (Å²) in [6.07, 6.45) is 1.81. The van der Waals surface area contributed by atoms with Crippen LogP contribution in [0.1, 0.15) is 25.3 Å². The second-order valence-electron chi connectivity index (χ2n) is 4.68. The molecule has 0 unspecified atom stereocenters. The fourth-order valence-electron chi connectivity index (χ4n) is 1.70. The molecular formula is C15H20FNO4. The number of carbonyl (C=O) groups is 2. The van der Waals surface area contributed by atoms with Crippen LogP contribution in [0.2, 0.25) is 0 Å². The number of benzene rings is 1. The quantitative estimate of drug-likeness (QED) is 0.708. The maximum atomic E-state index is 12.8. The third-order valence-electron chi connectivity index (χ3n) is 2.83. The van der Waals surface area contributed by atoms with Crippen LogP contribution >= 0.6 is 0 Å². The number of rotatable bonds is 9. The Morgan fingerprint density at radius 3 is 2.52 bits per heavy atom. The summed E-state index contributed by atoms with van der Waals surface area (Å²) in [5.74, 6) is -1.87. The first-order chi connectivity index (χ1) is 10.0. The molecule has 0 saturated carbocycles. The fourth-order valence-corrected chi connectivity index (χ4v) is 1.70. The molecule has 6 heteroatoms. The Bertz CT molecular complexity index is 461. The third-order valence-corrected chi connectivity index (χ3v) is 2.83. The molecule has 0 radical (unpaired) electrons. The number of carboxylic acid groups (broad SMARTS) is 1. The molecule has 0 saturated heterocycles. The van der Waals surface area contributed by atoms with Crippen LogP contribution in [0.4, 0.5) is 4.39 Å². The molecule has 0 fully saturated rings. The van der Waals surface area contributed by atoms with Crippen LogP contribution in [-0.2, 0) is 20.9 Å². The molecule has 0 spiro atoms. The van der Waals surface area contributed by atoms with E-state index >= 15 is 0 Å². The Morgan fingerprint density at radius 1 is 1.29 bits per heavy atom. The van der Waals surface area contributed by atoms with Crippen molar-refractivity contribution in [2.24, 2.45) is 0 Å². The lowest BCUT2D eigenvalue weighted by Crippen LogP contribution is -2.37. The minimum atomic E-state index is -1.10. The van der Waals surface area contributed by atoms with Crippen molar-refractivity contribution in [3.05, 3.63) is 35.6 Å². The molecule has 1 amide bonds. The molecule has 0 aromatic heterocycles. The SMILES string of the molecule is CCCCOCC(=O)N(CC(=O)O)Cc1ccc(F)cc1. The van der Waals surface area contributed by atoms with Crippen LogP contribution < -0.4 is 0 Å². The lowest BCUT2D eigenvalue weighted by molar-refractivity contribution is -0.147. The molecule has 0 atom stereocenters. The first kappa shape index (κ1) is 17.1. The predicted molar refractivity (Wildman–Crippen MR) is 75.2 cm³/mol. The van der Waals surface area contributed by atoms with Crippen molar-refractivity contribution in [2.45, 2.75) is 26.3 Å². The molecule has 0 aliphatic carbocycles. The summed E-state index contributed by atoms with van der Waals surface area (Å²) in [6.45, 7) is 2.04. The summed E-state index contributed by atoms with van der Waals surface area (Å²) in [5.41, 5.74) is 0.666. The van der Waals surface area contributed by atoms with E-state index in [2.05, 4.69) is 0 Å². The number of carboxylic acids is 1. The van der Waals surface area contributed by atoms with Gasteiger partial charge < -0.3 is 14.7 Å². The van der Waals surface area contributed by atoms with E-state index in [9.17, 15) is 14.0 Å². The number of hydrogen-bond acceptors (Lipinski definition) is 3. The zero-order chi connectivity index (χ0) is 15.7. The Hall–Kier alpha value is -1.95. The number of hydrogen-bond donors (Lipinski definition) is 1. The van der Waals surface area contributed by atoms with Gasteiger partial charge in [-0.1, -0.05) is 25.5 Å². The van der Waals surface area contributed by atoms with Gasteiger partial charge in [0.25, 0.3) is 0 Å². The highest BCUT2D eigenvalue weighted by molar-refractivity contribution is 5.82. The maximum Gasteiger partial charge on any atom is 0.323 e. The summed E-state index contributed by atoms with van der Waals surface area (Å²) < 4.78 is 18.0. The molecule has 5 nitrogen and oxygen atoms in total. The van der Waals surface area contributed by atoms with E-state index in [1.807, 2.05) is 6.92 Å². The van der Waals surface area contributed by atoms with E-state index in [0.717, 1.165) is 12.8 Å². The van der Waals surface area contributed by atoms with Crippen molar-refractivity contribution in [3.8, 4) is 0 Å². The van der Waals surface area contributed by atoms with Gasteiger partial charge in [-0.3, -0.25) is 9.59 Å². The van der Waals surface area contributed by atoms with Gasteiger partial charge in [-0.25, -0.2) is 4.39 Å². The van der Waals surface area contributed by atoms with Crippen LogP contribution in [0, 0.1) is 5.82 Å². The third kappa shape index (κ3) is 6.85. The van der Waals surface area contributed by atoms with Crippen molar-refractivity contribution in [1.29, 1.82) is 0 Å². The van der Waals surface area contributed by atoms with Crippen molar-refractivity contribution in [3.63, 3.8) is 0 Å². The molecule has 1 N–H and O–H groups in total. The Balaban J connectivity index is 2.59. The lowest BCUT2D eigenvalue weighted by atomic mass is 10.2. The van der Waals surface area contributed by atoms with Crippen LogP contribution in [-0.4, -0.2) is 41.6 Å². The molecule has 0 aliphatic heterocycles. The van der Waals surface area contributed by atoms with E-state index in [-0.39, 0.29) is 19.0 Å². The predicted octanol–water partition coefficient (Wildman–Crippen LogP) is 2.06. The summed E-state index contributed by atoms with van der Waals surface area (Å²) in [6, 6.07) is 5.60. The van der Waals surface area contributed by atoms with Crippen LogP contribution in [0.3, 0.4) is 0 Å². The van der Waals surface area contributed by atoms with Gasteiger partial charge in [0, 0.05) is 13.2 Å². The van der Waals surface area contributed by atoms with Crippen LogP contribution in [0.25, 0.3) is 0 Å². The second kappa shape index (κ2) is 9.07. The van der Waals surface area contributed by atoms with Gasteiger partial charge in [0.15, 0.2) is 0 Å².